The van der Waals surface area contributed by atoms with Crippen LogP contribution in [0.5, 0.6) is 0 Å². The van der Waals surface area contributed by atoms with E-state index in [0.717, 1.165) is 17.7 Å². The minimum Gasteiger partial charge on any atom is -0.385 e. The Hall–Kier alpha value is -2.93. The van der Waals surface area contributed by atoms with Crippen LogP contribution in [0.2, 0.25) is 0 Å². The van der Waals surface area contributed by atoms with E-state index in [2.05, 4.69) is 10.4 Å². The zero-order chi connectivity index (χ0) is 17.6. The van der Waals surface area contributed by atoms with Crippen molar-refractivity contribution in [2.75, 3.05) is 20.3 Å². The lowest BCUT2D eigenvalue weighted by molar-refractivity contribution is -0.121. The molecule has 1 N–H and O–H groups in total. The van der Waals surface area contributed by atoms with Crippen molar-refractivity contribution in [1.29, 1.82) is 0 Å². The number of aromatic nitrogens is 3. The fraction of sp³-hybridized carbons (Fsp3) is 0.278. The SMILES string of the molecule is COCCCNC(=O)Cn1ccn2nc(-c3ccccc3)cc2c1=O. The summed E-state index contributed by atoms with van der Waals surface area (Å²) in [6.07, 6.45) is 3.99. The lowest BCUT2D eigenvalue weighted by Gasteiger charge is -2.07. The highest BCUT2D eigenvalue weighted by molar-refractivity contribution is 5.75. The van der Waals surface area contributed by atoms with E-state index >= 15 is 0 Å². The summed E-state index contributed by atoms with van der Waals surface area (Å²) in [4.78, 5) is 24.5. The second-order valence-corrected chi connectivity index (χ2v) is 5.65. The Morgan fingerprint density at radius 1 is 1.24 bits per heavy atom. The molecule has 0 fully saturated rings. The van der Waals surface area contributed by atoms with Crippen LogP contribution in [-0.2, 0) is 16.1 Å². The number of hydrogen-bond donors (Lipinski definition) is 1. The summed E-state index contributed by atoms with van der Waals surface area (Å²) in [7, 11) is 1.62. The number of carbonyl (C=O) groups is 1. The first-order valence-electron chi connectivity index (χ1n) is 8.09. The largest absolute Gasteiger partial charge is 0.385 e. The number of carbonyl (C=O) groups excluding carboxylic acids is 1. The van der Waals surface area contributed by atoms with Crippen LogP contribution >= 0.6 is 0 Å². The molecule has 0 aliphatic carbocycles. The molecule has 0 radical (unpaired) electrons. The van der Waals surface area contributed by atoms with Gasteiger partial charge in [-0.05, 0) is 12.5 Å². The fourth-order valence-corrected chi connectivity index (χ4v) is 2.56. The second kappa shape index (κ2) is 7.76. The van der Waals surface area contributed by atoms with Gasteiger partial charge >= 0.3 is 0 Å². The molecule has 0 aliphatic heterocycles. The quantitative estimate of drug-likeness (QED) is 0.658. The van der Waals surface area contributed by atoms with Gasteiger partial charge in [-0.1, -0.05) is 30.3 Å². The van der Waals surface area contributed by atoms with Gasteiger partial charge in [0.2, 0.25) is 5.91 Å². The predicted molar refractivity (Wildman–Crippen MR) is 94.4 cm³/mol. The van der Waals surface area contributed by atoms with Gasteiger partial charge in [0.1, 0.15) is 12.1 Å². The number of fused-ring (bicyclic) bond motifs is 1. The monoisotopic (exact) mass is 340 g/mol. The van der Waals surface area contributed by atoms with E-state index < -0.39 is 0 Å². The maximum Gasteiger partial charge on any atom is 0.277 e. The molecule has 130 valence electrons. The Balaban J connectivity index is 1.78. The van der Waals surface area contributed by atoms with Crippen molar-refractivity contribution < 1.29 is 9.53 Å². The zero-order valence-electron chi connectivity index (χ0n) is 14.0. The van der Waals surface area contributed by atoms with E-state index in [1.807, 2.05) is 30.3 Å². The summed E-state index contributed by atoms with van der Waals surface area (Å²) in [6.45, 7) is 1.09. The van der Waals surface area contributed by atoms with Crippen LogP contribution in [0.4, 0.5) is 0 Å². The van der Waals surface area contributed by atoms with Gasteiger partial charge in [-0.25, -0.2) is 4.52 Å². The average Bonchev–Trinajstić information content (AvgIpc) is 3.07. The van der Waals surface area contributed by atoms with Crippen LogP contribution in [0.3, 0.4) is 0 Å². The topological polar surface area (TPSA) is 77.6 Å². The number of nitrogens with zero attached hydrogens (tertiary/aromatic N) is 3. The van der Waals surface area contributed by atoms with Gasteiger partial charge in [0, 0.05) is 38.2 Å². The smallest absolute Gasteiger partial charge is 0.277 e. The van der Waals surface area contributed by atoms with Crippen molar-refractivity contribution >= 4 is 11.4 Å². The Labute approximate surface area is 144 Å². The van der Waals surface area contributed by atoms with Crippen molar-refractivity contribution in [1.82, 2.24) is 19.5 Å². The van der Waals surface area contributed by atoms with Gasteiger partial charge in [-0.2, -0.15) is 5.10 Å². The molecule has 2 aromatic heterocycles. The van der Waals surface area contributed by atoms with Crippen molar-refractivity contribution in [3.8, 4) is 11.3 Å². The van der Waals surface area contributed by atoms with Crippen LogP contribution in [0, 0.1) is 0 Å². The number of hydrogen-bond acceptors (Lipinski definition) is 4. The van der Waals surface area contributed by atoms with Crippen LogP contribution in [0.25, 0.3) is 16.8 Å². The highest BCUT2D eigenvalue weighted by Gasteiger charge is 2.10. The van der Waals surface area contributed by atoms with E-state index in [1.54, 1.807) is 25.6 Å². The highest BCUT2D eigenvalue weighted by atomic mass is 16.5. The second-order valence-electron chi connectivity index (χ2n) is 5.65. The van der Waals surface area contributed by atoms with E-state index in [9.17, 15) is 9.59 Å². The number of nitrogens with one attached hydrogen (secondary N) is 1. The maximum atomic E-state index is 12.6. The molecular formula is C18H20N4O3. The van der Waals surface area contributed by atoms with E-state index in [4.69, 9.17) is 4.74 Å². The van der Waals surface area contributed by atoms with Crippen LogP contribution in [-0.4, -0.2) is 40.3 Å². The zero-order valence-corrected chi connectivity index (χ0v) is 14.0. The van der Waals surface area contributed by atoms with Gasteiger partial charge in [0.25, 0.3) is 5.56 Å². The van der Waals surface area contributed by atoms with Crippen molar-refractivity contribution in [2.45, 2.75) is 13.0 Å². The Bertz CT molecular complexity index is 915. The lowest BCUT2D eigenvalue weighted by Crippen LogP contribution is -2.33. The molecule has 0 saturated carbocycles. The summed E-state index contributed by atoms with van der Waals surface area (Å²) in [5.74, 6) is -0.203. The van der Waals surface area contributed by atoms with Crippen LogP contribution < -0.4 is 10.9 Å². The number of benzene rings is 1. The fourth-order valence-electron chi connectivity index (χ4n) is 2.56. The van der Waals surface area contributed by atoms with Crippen LogP contribution in [0.1, 0.15) is 6.42 Å². The number of methoxy groups -OCH3 is 1. The lowest BCUT2D eigenvalue weighted by atomic mass is 10.1. The van der Waals surface area contributed by atoms with Crippen molar-refractivity contribution in [2.24, 2.45) is 0 Å². The van der Waals surface area contributed by atoms with Crippen molar-refractivity contribution in [3.63, 3.8) is 0 Å². The Kier molecular flexibility index (Phi) is 5.25. The van der Waals surface area contributed by atoms with Gasteiger partial charge in [0.05, 0.1) is 5.69 Å². The molecule has 25 heavy (non-hydrogen) atoms. The third-order valence-electron chi connectivity index (χ3n) is 3.83. The summed E-state index contributed by atoms with van der Waals surface area (Å²) in [6, 6.07) is 11.4. The molecule has 0 unspecified atom stereocenters. The molecule has 3 aromatic rings. The van der Waals surface area contributed by atoms with Gasteiger partial charge in [0.15, 0.2) is 0 Å². The van der Waals surface area contributed by atoms with Crippen molar-refractivity contribution in [3.05, 3.63) is 59.1 Å². The van der Waals surface area contributed by atoms with Gasteiger partial charge in [-0.3, -0.25) is 9.59 Å². The summed E-state index contributed by atoms with van der Waals surface area (Å²) >= 11 is 0. The summed E-state index contributed by atoms with van der Waals surface area (Å²) in [5, 5.41) is 7.19. The molecule has 1 aromatic carbocycles. The molecule has 1 amide bonds. The van der Waals surface area contributed by atoms with Gasteiger partial charge in [-0.15, -0.1) is 0 Å². The third kappa shape index (κ3) is 3.95. The first-order chi connectivity index (χ1) is 12.2. The molecule has 7 nitrogen and oxygen atoms in total. The minimum atomic E-state index is -0.246. The average molecular weight is 340 g/mol. The first kappa shape index (κ1) is 16.9. The van der Waals surface area contributed by atoms with Crippen LogP contribution in [0.15, 0.2) is 53.6 Å². The molecule has 2 heterocycles. The maximum absolute atomic E-state index is 12.6. The molecular weight excluding hydrogens is 320 g/mol. The molecule has 3 rings (SSSR count). The van der Waals surface area contributed by atoms with Gasteiger partial charge < -0.3 is 14.6 Å². The number of amides is 1. The third-order valence-corrected chi connectivity index (χ3v) is 3.83. The predicted octanol–water partition coefficient (Wildman–Crippen LogP) is 1.32. The van der Waals surface area contributed by atoms with E-state index in [1.165, 1.54) is 9.08 Å². The standard InChI is InChI=1S/C18H20N4O3/c1-25-11-5-8-19-17(23)13-21-9-10-22-16(18(21)24)12-15(20-22)14-6-3-2-4-7-14/h2-4,6-7,9-10,12H,5,8,11,13H2,1H3,(H,19,23). The molecule has 0 bridgehead atoms. The first-order valence-corrected chi connectivity index (χ1v) is 8.09. The molecule has 0 atom stereocenters. The highest BCUT2D eigenvalue weighted by Crippen LogP contribution is 2.17. The normalized spacial score (nSPS) is 10.9. The Morgan fingerprint density at radius 3 is 2.80 bits per heavy atom. The molecule has 7 heteroatoms. The molecule has 0 aliphatic rings. The molecule has 0 saturated heterocycles. The summed E-state index contributed by atoms with van der Waals surface area (Å²) in [5.41, 5.74) is 1.85. The number of ether oxygens (including phenoxy) is 1. The molecule has 0 spiro atoms. The minimum absolute atomic E-state index is 0.0197. The number of rotatable bonds is 7. The Morgan fingerprint density at radius 2 is 2.04 bits per heavy atom. The van der Waals surface area contributed by atoms with E-state index in [-0.39, 0.29) is 18.0 Å². The van der Waals surface area contributed by atoms with E-state index in [0.29, 0.717) is 18.7 Å². The summed E-state index contributed by atoms with van der Waals surface area (Å²) < 4.78 is 7.86.